The van der Waals surface area contributed by atoms with Gasteiger partial charge in [-0.2, -0.15) is 0 Å². The van der Waals surface area contributed by atoms with Crippen LogP contribution >= 0.6 is 0 Å². The Hall–Kier alpha value is -3.22. The van der Waals surface area contributed by atoms with Gasteiger partial charge in [-0.25, -0.2) is 23.3 Å². The summed E-state index contributed by atoms with van der Waals surface area (Å²) >= 11 is 0. The van der Waals surface area contributed by atoms with E-state index < -0.39 is 11.6 Å². The first kappa shape index (κ1) is 15.3. The highest BCUT2D eigenvalue weighted by molar-refractivity contribution is 5.81. The summed E-state index contributed by atoms with van der Waals surface area (Å²) in [7, 11) is 0. The number of aryl methyl sites for hydroxylation is 2. The molecule has 124 valence electrons. The van der Waals surface area contributed by atoms with E-state index in [4.69, 9.17) is 0 Å². The Morgan fingerprint density at radius 2 is 1.88 bits per heavy atom. The van der Waals surface area contributed by atoms with Crippen LogP contribution in [-0.2, 0) is 0 Å². The van der Waals surface area contributed by atoms with E-state index in [1.807, 2.05) is 13.8 Å². The summed E-state index contributed by atoms with van der Waals surface area (Å²) in [6.45, 7) is 3.76. The summed E-state index contributed by atoms with van der Waals surface area (Å²) in [6, 6.07) is 5.39. The zero-order valence-electron chi connectivity index (χ0n) is 13.5. The summed E-state index contributed by atoms with van der Waals surface area (Å²) in [5.41, 5.74) is 3.00. The number of nitrogens with zero attached hydrogens (tertiary/aromatic N) is 5. The second-order valence-electron chi connectivity index (χ2n) is 5.72. The highest BCUT2D eigenvalue weighted by atomic mass is 19.1. The number of hydrogen-bond acceptors (Lipinski definition) is 4. The van der Waals surface area contributed by atoms with Gasteiger partial charge in [0.1, 0.15) is 11.3 Å². The first-order valence-electron chi connectivity index (χ1n) is 7.64. The summed E-state index contributed by atoms with van der Waals surface area (Å²) in [5, 5.41) is 4.82. The van der Waals surface area contributed by atoms with Crippen LogP contribution in [0.4, 0.5) is 8.78 Å². The van der Waals surface area contributed by atoms with Crippen LogP contribution in [0.25, 0.3) is 28.7 Å². The lowest BCUT2D eigenvalue weighted by atomic mass is 10.2. The Bertz CT molecular complexity index is 1110. The minimum Gasteiger partial charge on any atom is -0.256 e. The van der Waals surface area contributed by atoms with Crippen LogP contribution in [0.2, 0.25) is 0 Å². The lowest BCUT2D eigenvalue weighted by molar-refractivity contribution is 0.590. The molecule has 0 aliphatic rings. The molecule has 7 heteroatoms. The van der Waals surface area contributed by atoms with Gasteiger partial charge in [-0.15, -0.1) is 5.10 Å². The third kappa shape index (κ3) is 2.73. The van der Waals surface area contributed by atoms with E-state index in [0.717, 1.165) is 17.5 Å². The molecule has 4 aromatic rings. The van der Waals surface area contributed by atoms with Crippen molar-refractivity contribution < 1.29 is 8.78 Å². The van der Waals surface area contributed by atoms with E-state index in [1.165, 1.54) is 6.07 Å². The van der Waals surface area contributed by atoms with Crippen molar-refractivity contribution in [1.29, 1.82) is 0 Å². The number of hydrogen-bond donors (Lipinski definition) is 0. The molecule has 0 N–H and O–H groups in total. The maximum Gasteiger partial charge on any atom is 0.177 e. The van der Waals surface area contributed by atoms with Gasteiger partial charge in [0.2, 0.25) is 0 Å². The van der Waals surface area contributed by atoms with Gasteiger partial charge in [0.15, 0.2) is 17.3 Å². The maximum atomic E-state index is 13.9. The van der Waals surface area contributed by atoms with Gasteiger partial charge in [0, 0.05) is 17.6 Å². The average molecular weight is 337 g/mol. The number of aromatic nitrogens is 5. The van der Waals surface area contributed by atoms with E-state index in [0.29, 0.717) is 22.6 Å². The average Bonchev–Trinajstić information content (AvgIpc) is 3.02. The summed E-state index contributed by atoms with van der Waals surface area (Å²) in [6.07, 6.45) is 5.12. The molecule has 0 atom stereocenters. The van der Waals surface area contributed by atoms with Crippen LogP contribution in [0.15, 0.2) is 30.5 Å². The van der Waals surface area contributed by atoms with E-state index in [9.17, 15) is 8.78 Å². The van der Waals surface area contributed by atoms with Gasteiger partial charge in [0.25, 0.3) is 0 Å². The fraction of sp³-hybridized carbons (Fsp3) is 0.111. The molecule has 0 aliphatic heterocycles. The molecule has 4 rings (SSSR count). The molecule has 0 saturated heterocycles. The molecule has 5 nitrogen and oxygen atoms in total. The Kier molecular flexibility index (Phi) is 3.49. The fourth-order valence-corrected chi connectivity index (χ4v) is 2.61. The standard InChI is InChI=1S/C18H13F2N5/c1-10-9-21-11(2)18-23-16(24-25(10)18)6-5-14-4-3-12-7-13(19)8-15(20)17(12)22-14/h3-9H,1-2H3/b6-5+. The smallest absolute Gasteiger partial charge is 0.177 e. The van der Waals surface area contributed by atoms with E-state index in [2.05, 4.69) is 20.1 Å². The normalized spacial score (nSPS) is 11.8. The van der Waals surface area contributed by atoms with Crippen molar-refractivity contribution in [1.82, 2.24) is 24.6 Å². The largest absolute Gasteiger partial charge is 0.256 e. The second kappa shape index (κ2) is 5.70. The van der Waals surface area contributed by atoms with Crippen LogP contribution in [0, 0.1) is 25.5 Å². The van der Waals surface area contributed by atoms with Crippen LogP contribution in [-0.4, -0.2) is 24.6 Å². The van der Waals surface area contributed by atoms with Gasteiger partial charge in [-0.3, -0.25) is 4.98 Å². The highest BCUT2D eigenvalue weighted by Crippen LogP contribution is 2.19. The molecule has 1 aromatic carbocycles. The predicted molar refractivity (Wildman–Crippen MR) is 90.8 cm³/mol. The number of fused-ring (bicyclic) bond motifs is 2. The van der Waals surface area contributed by atoms with Gasteiger partial charge < -0.3 is 0 Å². The first-order chi connectivity index (χ1) is 12.0. The molecule has 0 saturated carbocycles. The van der Waals surface area contributed by atoms with Gasteiger partial charge in [0.05, 0.1) is 17.1 Å². The SMILES string of the molecule is Cc1ncc(C)n2nc(/C=C/c3ccc4cc(F)cc(F)c4n3)nc12. The Labute approximate surface area is 141 Å². The minimum absolute atomic E-state index is 0.127. The van der Waals surface area contributed by atoms with Gasteiger partial charge >= 0.3 is 0 Å². The van der Waals surface area contributed by atoms with Crippen LogP contribution in [0.5, 0.6) is 0 Å². The Morgan fingerprint density at radius 1 is 1.04 bits per heavy atom. The van der Waals surface area contributed by atoms with E-state index in [-0.39, 0.29) is 5.52 Å². The summed E-state index contributed by atoms with van der Waals surface area (Å²) in [4.78, 5) is 12.9. The number of pyridine rings is 1. The number of benzene rings is 1. The Morgan fingerprint density at radius 3 is 2.68 bits per heavy atom. The Balaban J connectivity index is 1.73. The van der Waals surface area contributed by atoms with Crippen molar-refractivity contribution in [3.63, 3.8) is 0 Å². The van der Waals surface area contributed by atoms with E-state index >= 15 is 0 Å². The second-order valence-corrected chi connectivity index (χ2v) is 5.72. The van der Waals surface area contributed by atoms with E-state index in [1.54, 1.807) is 35.0 Å². The lowest BCUT2D eigenvalue weighted by Gasteiger charge is -2.00. The molecule has 0 unspecified atom stereocenters. The van der Waals surface area contributed by atoms with Crippen molar-refractivity contribution in [2.24, 2.45) is 0 Å². The van der Waals surface area contributed by atoms with Crippen LogP contribution in [0.1, 0.15) is 22.9 Å². The fourth-order valence-electron chi connectivity index (χ4n) is 2.61. The lowest BCUT2D eigenvalue weighted by Crippen LogP contribution is -1.97. The molecule has 3 heterocycles. The minimum atomic E-state index is -0.687. The number of halogens is 2. The molecule has 0 fully saturated rings. The zero-order chi connectivity index (χ0) is 17.6. The molecule has 0 bridgehead atoms. The van der Waals surface area contributed by atoms with Crippen molar-refractivity contribution in [2.75, 3.05) is 0 Å². The third-order valence-electron chi connectivity index (χ3n) is 3.86. The molecule has 0 amide bonds. The monoisotopic (exact) mass is 337 g/mol. The molecule has 0 spiro atoms. The van der Waals surface area contributed by atoms with Crippen molar-refractivity contribution in [3.8, 4) is 0 Å². The maximum absolute atomic E-state index is 13.9. The van der Waals surface area contributed by atoms with Gasteiger partial charge in [-0.05, 0) is 38.1 Å². The van der Waals surface area contributed by atoms with Crippen LogP contribution in [0.3, 0.4) is 0 Å². The van der Waals surface area contributed by atoms with Crippen molar-refractivity contribution >= 4 is 28.7 Å². The molecule has 25 heavy (non-hydrogen) atoms. The molecule has 0 aliphatic carbocycles. The molecule has 3 aromatic heterocycles. The summed E-state index contributed by atoms with van der Waals surface area (Å²) < 4.78 is 28.8. The predicted octanol–water partition coefficient (Wildman–Crippen LogP) is 3.74. The molecular weight excluding hydrogens is 324 g/mol. The first-order valence-corrected chi connectivity index (χ1v) is 7.64. The zero-order valence-corrected chi connectivity index (χ0v) is 13.5. The highest BCUT2D eigenvalue weighted by Gasteiger charge is 2.08. The third-order valence-corrected chi connectivity index (χ3v) is 3.86. The molecule has 0 radical (unpaired) electrons. The van der Waals surface area contributed by atoms with Crippen LogP contribution < -0.4 is 0 Å². The van der Waals surface area contributed by atoms with Gasteiger partial charge in [-0.1, -0.05) is 6.07 Å². The summed E-state index contributed by atoms with van der Waals surface area (Å²) in [5.74, 6) is -0.808. The topological polar surface area (TPSA) is 56.0 Å². The quantitative estimate of drug-likeness (QED) is 0.559. The van der Waals surface area contributed by atoms with Crippen molar-refractivity contribution in [2.45, 2.75) is 13.8 Å². The molecular formula is C18H13F2N5. The number of rotatable bonds is 2. The van der Waals surface area contributed by atoms with Crippen molar-refractivity contribution in [3.05, 3.63) is 65.0 Å².